The van der Waals surface area contributed by atoms with E-state index in [1.165, 1.54) is 4.90 Å². The molecule has 1 aromatic heterocycles. The van der Waals surface area contributed by atoms with Crippen LogP contribution >= 0.6 is 0 Å². The summed E-state index contributed by atoms with van der Waals surface area (Å²) in [6, 6.07) is 1.16. The fourth-order valence-corrected chi connectivity index (χ4v) is 0.693. The summed E-state index contributed by atoms with van der Waals surface area (Å²) in [7, 11) is 3.32. The van der Waals surface area contributed by atoms with Crippen LogP contribution in [0.2, 0.25) is 0 Å². The van der Waals surface area contributed by atoms with Crippen molar-refractivity contribution in [1.82, 2.24) is 4.98 Å². The van der Waals surface area contributed by atoms with E-state index in [1.54, 1.807) is 14.1 Å². The Morgan fingerprint density at radius 3 is 2.83 bits per heavy atom. The second-order valence-corrected chi connectivity index (χ2v) is 2.48. The Morgan fingerprint density at radius 1 is 1.67 bits per heavy atom. The first kappa shape index (κ1) is 8.70. The van der Waals surface area contributed by atoms with Gasteiger partial charge >= 0.3 is 5.63 Å². The van der Waals surface area contributed by atoms with Gasteiger partial charge in [-0.3, -0.25) is 0 Å². The highest BCUT2D eigenvalue weighted by atomic mass is 19.1. The SMILES string of the molecule is CN(C)c1nc(CF)cc(=O)o1. The lowest BCUT2D eigenvalue weighted by Crippen LogP contribution is -2.15. The van der Waals surface area contributed by atoms with E-state index in [1.807, 2.05) is 0 Å². The Bertz CT molecular complexity index is 321. The molecule has 0 spiro atoms. The number of halogens is 1. The van der Waals surface area contributed by atoms with Gasteiger partial charge in [0.2, 0.25) is 0 Å². The maximum absolute atomic E-state index is 12.1. The summed E-state index contributed by atoms with van der Waals surface area (Å²) in [5.41, 5.74) is -0.490. The quantitative estimate of drug-likeness (QED) is 0.654. The number of anilines is 1. The smallest absolute Gasteiger partial charge is 0.340 e. The lowest BCUT2D eigenvalue weighted by molar-refractivity contribution is 0.446. The minimum atomic E-state index is -0.758. The second kappa shape index (κ2) is 3.34. The molecule has 66 valence electrons. The van der Waals surface area contributed by atoms with Crippen molar-refractivity contribution in [1.29, 1.82) is 0 Å². The zero-order valence-corrected chi connectivity index (χ0v) is 6.87. The normalized spacial score (nSPS) is 9.92. The average Bonchev–Trinajstić information content (AvgIpc) is 2.03. The first-order valence-corrected chi connectivity index (χ1v) is 3.38. The fourth-order valence-electron chi connectivity index (χ4n) is 0.693. The Kier molecular flexibility index (Phi) is 2.42. The molecular weight excluding hydrogens is 163 g/mol. The second-order valence-electron chi connectivity index (χ2n) is 2.48. The molecule has 0 fully saturated rings. The average molecular weight is 172 g/mol. The Balaban J connectivity index is 3.15. The Morgan fingerprint density at radius 2 is 2.33 bits per heavy atom. The molecule has 0 aromatic carbocycles. The van der Waals surface area contributed by atoms with E-state index in [0.717, 1.165) is 6.07 Å². The molecule has 0 aliphatic rings. The van der Waals surface area contributed by atoms with E-state index < -0.39 is 12.3 Å². The zero-order valence-electron chi connectivity index (χ0n) is 6.87. The molecule has 0 amide bonds. The van der Waals surface area contributed by atoms with Crippen LogP contribution < -0.4 is 10.5 Å². The van der Waals surface area contributed by atoms with E-state index in [4.69, 9.17) is 0 Å². The number of hydrogen-bond acceptors (Lipinski definition) is 4. The zero-order chi connectivity index (χ0) is 9.14. The van der Waals surface area contributed by atoms with Crippen LogP contribution in [-0.2, 0) is 6.67 Å². The lowest BCUT2D eigenvalue weighted by atomic mass is 10.4. The highest BCUT2D eigenvalue weighted by Gasteiger charge is 2.04. The topological polar surface area (TPSA) is 46.3 Å². The molecule has 1 heterocycles. The van der Waals surface area contributed by atoms with Crippen LogP contribution in [0.3, 0.4) is 0 Å². The summed E-state index contributed by atoms with van der Waals surface area (Å²) >= 11 is 0. The molecule has 0 N–H and O–H groups in total. The van der Waals surface area contributed by atoms with Gasteiger partial charge in [0.15, 0.2) is 0 Å². The number of hydrogen-bond donors (Lipinski definition) is 0. The molecule has 5 heteroatoms. The van der Waals surface area contributed by atoms with Crippen molar-refractivity contribution in [3.05, 3.63) is 22.2 Å². The van der Waals surface area contributed by atoms with Gasteiger partial charge in [-0.2, -0.15) is 4.98 Å². The highest BCUT2D eigenvalue weighted by Crippen LogP contribution is 2.04. The van der Waals surface area contributed by atoms with Crippen LogP contribution in [-0.4, -0.2) is 19.1 Å². The van der Waals surface area contributed by atoms with Crippen molar-refractivity contribution in [2.24, 2.45) is 0 Å². The minimum Gasteiger partial charge on any atom is -0.389 e. The van der Waals surface area contributed by atoms with Crippen LogP contribution in [0.1, 0.15) is 5.69 Å². The van der Waals surface area contributed by atoms with Crippen molar-refractivity contribution >= 4 is 6.01 Å². The number of rotatable bonds is 2. The van der Waals surface area contributed by atoms with E-state index in [-0.39, 0.29) is 11.7 Å². The van der Waals surface area contributed by atoms with Crippen molar-refractivity contribution < 1.29 is 8.81 Å². The molecule has 0 saturated heterocycles. The first-order valence-electron chi connectivity index (χ1n) is 3.38. The first-order chi connectivity index (χ1) is 5.63. The predicted octanol–water partition coefficient (Wildman–Crippen LogP) is 0.570. The van der Waals surface area contributed by atoms with Crippen molar-refractivity contribution in [3.8, 4) is 0 Å². The predicted molar refractivity (Wildman–Crippen MR) is 41.9 cm³/mol. The van der Waals surface area contributed by atoms with Crippen LogP contribution in [0.15, 0.2) is 15.3 Å². The maximum atomic E-state index is 12.1. The lowest BCUT2D eigenvalue weighted by Gasteiger charge is -2.07. The number of nitrogens with zero attached hydrogens (tertiary/aromatic N) is 2. The summed E-state index contributed by atoms with van der Waals surface area (Å²) in [5, 5.41) is 0. The summed E-state index contributed by atoms with van der Waals surface area (Å²) in [5.74, 6) is 0. The summed E-state index contributed by atoms with van der Waals surface area (Å²) in [4.78, 5) is 16.0. The molecule has 4 nitrogen and oxygen atoms in total. The molecule has 0 unspecified atom stereocenters. The van der Waals surface area contributed by atoms with Crippen molar-refractivity contribution in [2.45, 2.75) is 6.67 Å². The standard InChI is InChI=1S/C7H9FN2O2/c1-10(2)7-9-5(4-8)3-6(11)12-7/h3H,4H2,1-2H3. The summed E-state index contributed by atoms with van der Waals surface area (Å²) in [6.45, 7) is -0.758. The van der Waals surface area contributed by atoms with Crippen LogP contribution in [0, 0.1) is 0 Å². The van der Waals surface area contributed by atoms with Gasteiger partial charge in [0.1, 0.15) is 6.67 Å². The molecule has 0 bridgehead atoms. The van der Waals surface area contributed by atoms with Gasteiger partial charge in [-0.25, -0.2) is 9.18 Å². The van der Waals surface area contributed by atoms with Gasteiger partial charge < -0.3 is 9.32 Å². The van der Waals surface area contributed by atoms with Crippen molar-refractivity contribution in [3.63, 3.8) is 0 Å². The van der Waals surface area contributed by atoms with Gasteiger partial charge in [0.05, 0.1) is 5.69 Å². The van der Waals surface area contributed by atoms with Gasteiger partial charge in [-0.1, -0.05) is 0 Å². The molecule has 0 atom stereocenters. The molecule has 12 heavy (non-hydrogen) atoms. The maximum Gasteiger partial charge on any atom is 0.340 e. The molecule has 0 radical (unpaired) electrons. The third kappa shape index (κ3) is 1.81. The molecule has 0 aliphatic carbocycles. The van der Waals surface area contributed by atoms with Crippen LogP contribution in [0.25, 0.3) is 0 Å². The molecule has 0 aliphatic heterocycles. The summed E-state index contributed by atoms with van der Waals surface area (Å²) < 4.78 is 16.8. The minimum absolute atomic E-state index is 0.0925. The van der Waals surface area contributed by atoms with E-state index in [0.29, 0.717) is 0 Å². The molecule has 1 rings (SSSR count). The van der Waals surface area contributed by atoms with Crippen LogP contribution in [0.5, 0.6) is 0 Å². The fraction of sp³-hybridized carbons (Fsp3) is 0.429. The molecule has 1 aromatic rings. The van der Waals surface area contributed by atoms with E-state index in [9.17, 15) is 9.18 Å². The molecule has 0 saturated carbocycles. The van der Waals surface area contributed by atoms with E-state index >= 15 is 0 Å². The van der Waals surface area contributed by atoms with Gasteiger partial charge in [-0.15, -0.1) is 0 Å². The molecular formula is C7H9FN2O2. The highest BCUT2D eigenvalue weighted by molar-refractivity contribution is 5.22. The third-order valence-electron chi connectivity index (χ3n) is 1.24. The largest absolute Gasteiger partial charge is 0.389 e. The summed E-state index contributed by atoms with van der Waals surface area (Å²) in [6.07, 6.45) is 0. The Hall–Kier alpha value is -1.39. The van der Waals surface area contributed by atoms with Gasteiger partial charge in [-0.05, 0) is 0 Å². The van der Waals surface area contributed by atoms with E-state index in [2.05, 4.69) is 9.40 Å². The number of aromatic nitrogens is 1. The Labute approximate surface area is 68.6 Å². The monoisotopic (exact) mass is 172 g/mol. The third-order valence-corrected chi connectivity index (χ3v) is 1.24. The van der Waals surface area contributed by atoms with Gasteiger partial charge in [0, 0.05) is 20.2 Å². The van der Waals surface area contributed by atoms with Gasteiger partial charge in [0.25, 0.3) is 6.01 Å². The van der Waals surface area contributed by atoms with Crippen LogP contribution in [0.4, 0.5) is 10.4 Å². The number of alkyl halides is 1. The van der Waals surface area contributed by atoms with Crippen molar-refractivity contribution in [2.75, 3.05) is 19.0 Å².